The highest BCUT2D eigenvalue weighted by molar-refractivity contribution is 6.31. The van der Waals surface area contributed by atoms with Gasteiger partial charge in [-0.15, -0.1) is 0 Å². The van der Waals surface area contributed by atoms with Gasteiger partial charge in [-0.05, 0) is 39.2 Å². The highest BCUT2D eigenvalue weighted by Crippen LogP contribution is 2.11. The first kappa shape index (κ1) is 17.9. The molecule has 1 aromatic carbocycles. The van der Waals surface area contributed by atoms with E-state index >= 15 is 0 Å². The molecule has 0 aliphatic heterocycles. The van der Waals surface area contributed by atoms with Crippen LogP contribution in [0.4, 0.5) is 0 Å². The van der Waals surface area contributed by atoms with Gasteiger partial charge in [-0.3, -0.25) is 0 Å². The van der Waals surface area contributed by atoms with Crippen LogP contribution in [0.3, 0.4) is 0 Å². The molecule has 94 valence electrons. The maximum atomic E-state index is 5.71. The van der Waals surface area contributed by atoms with E-state index in [4.69, 9.17) is 11.6 Å². The summed E-state index contributed by atoms with van der Waals surface area (Å²) < 4.78 is 0. The van der Waals surface area contributed by atoms with Crippen molar-refractivity contribution in [1.29, 1.82) is 0 Å². The molecule has 0 saturated heterocycles. The molecule has 0 aliphatic rings. The Morgan fingerprint density at radius 1 is 1.06 bits per heavy atom. The van der Waals surface area contributed by atoms with Crippen molar-refractivity contribution >= 4 is 11.6 Å². The topological polar surface area (TPSA) is 3.24 Å². The van der Waals surface area contributed by atoms with E-state index in [9.17, 15) is 0 Å². The summed E-state index contributed by atoms with van der Waals surface area (Å²) in [5.41, 5.74) is 1.13. The molecule has 0 bridgehead atoms. The van der Waals surface area contributed by atoms with Gasteiger partial charge in [0.2, 0.25) is 0 Å². The van der Waals surface area contributed by atoms with Gasteiger partial charge in [0.1, 0.15) is 0 Å². The van der Waals surface area contributed by atoms with Crippen molar-refractivity contribution in [3.8, 4) is 0 Å². The standard InChI is InChI=1S/C7H7Cl.C4H11N.C3H8/c1-6-4-2-3-5-7(6)8;1-4-5(2)3;1-3-2/h2-5H,1H3;4H2,1-3H3;3H2,1-2H3. The Bertz CT molecular complexity index is 225. The molecule has 1 aromatic rings. The minimum atomic E-state index is 0.840. The van der Waals surface area contributed by atoms with Crippen LogP contribution < -0.4 is 0 Å². The summed E-state index contributed by atoms with van der Waals surface area (Å²) in [6, 6.07) is 7.77. The zero-order chi connectivity index (χ0) is 13.0. The third kappa shape index (κ3) is 13.5. The van der Waals surface area contributed by atoms with Crippen LogP contribution in [0.25, 0.3) is 0 Å². The first-order chi connectivity index (χ1) is 7.49. The number of hydrogen-bond donors (Lipinski definition) is 0. The van der Waals surface area contributed by atoms with E-state index in [-0.39, 0.29) is 0 Å². The van der Waals surface area contributed by atoms with Crippen molar-refractivity contribution < 1.29 is 0 Å². The second-order valence-corrected chi connectivity index (χ2v) is 4.26. The van der Waals surface area contributed by atoms with E-state index in [0.29, 0.717) is 0 Å². The fourth-order valence-electron chi connectivity index (χ4n) is 0.551. The third-order valence-corrected chi connectivity index (χ3v) is 2.13. The molecule has 16 heavy (non-hydrogen) atoms. The first-order valence-electron chi connectivity index (χ1n) is 5.85. The second kappa shape index (κ2) is 12.5. The molecule has 0 heterocycles. The number of hydrogen-bond acceptors (Lipinski definition) is 1. The molecular formula is C14H26ClN. The Morgan fingerprint density at radius 3 is 1.62 bits per heavy atom. The molecule has 0 saturated carbocycles. The van der Waals surface area contributed by atoms with Crippen LogP contribution in [-0.4, -0.2) is 25.5 Å². The maximum Gasteiger partial charge on any atom is 0.0435 e. The lowest BCUT2D eigenvalue weighted by Gasteiger charge is -2.00. The molecule has 0 fully saturated rings. The maximum absolute atomic E-state index is 5.71. The zero-order valence-electron chi connectivity index (χ0n) is 11.5. The van der Waals surface area contributed by atoms with Gasteiger partial charge in [0.15, 0.2) is 0 Å². The molecule has 0 unspecified atom stereocenters. The largest absolute Gasteiger partial charge is 0.310 e. The van der Waals surface area contributed by atoms with Crippen LogP contribution >= 0.6 is 11.6 Å². The Morgan fingerprint density at radius 2 is 1.44 bits per heavy atom. The predicted molar refractivity (Wildman–Crippen MR) is 76.4 cm³/mol. The molecule has 0 radical (unpaired) electrons. The van der Waals surface area contributed by atoms with Gasteiger partial charge >= 0.3 is 0 Å². The third-order valence-electron chi connectivity index (χ3n) is 1.71. The van der Waals surface area contributed by atoms with E-state index in [1.807, 2.05) is 31.2 Å². The molecule has 0 amide bonds. The fraction of sp³-hybridized carbons (Fsp3) is 0.571. The van der Waals surface area contributed by atoms with Gasteiger partial charge in [0.25, 0.3) is 0 Å². The summed E-state index contributed by atoms with van der Waals surface area (Å²) in [4.78, 5) is 2.12. The minimum Gasteiger partial charge on any atom is -0.310 e. The quantitative estimate of drug-likeness (QED) is 0.695. The van der Waals surface area contributed by atoms with Crippen molar-refractivity contribution in [2.24, 2.45) is 0 Å². The minimum absolute atomic E-state index is 0.840. The Balaban J connectivity index is 0. The molecule has 1 nitrogen and oxygen atoms in total. The van der Waals surface area contributed by atoms with E-state index in [1.54, 1.807) is 0 Å². The molecule has 0 aromatic heterocycles. The highest BCUT2D eigenvalue weighted by atomic mass is 35.5. The Hall–Kier alpha value is -0.530. The summed E-state index contributed by atoms with van der Waals surface area (Å²) in [6.07, 6.45) is 1.25. The molecular weight excluding hydrogens is 218 g/mol. The summed E-state index contributed by atoms with van der Waals surface area (Å²) in [5, 5.41) is 0.840. The van der Waals surface area contributed by atoms with Gasteiger partial charge in [-0.25, -0.2) is 0 Å². The SMILES string of the molecule is CCC.CCN(C)C.Cc1ccccc1Cl. The normalized spacial score (nSPS) is 8.75. The van der Waals surface area contributed by atoms with E-state index in [1.165, 1.54) is 6.42 Å². The van der Waals surface area contributed by atoms with Crippen molar-refractivity contribution in [2.75, 3.05) is 20.6 Å². The van der Waals surface area contributed by atoms with Gasteiger partial charge in [-0.1, -0.05) is 57.0 Å². The van der Waals surface area contributed by atoms with Crippen molar-refractivity contribution in [2.45, 2.75) is 34.1 Å². The number of rotatable bonds is 1. The molecule has 0 aliphatic carbocycles. The zero-order valence-corrected chi connectivity index (χ0v) is 12.3. The summed E-state index contributed by atoms with van der Waals surface area (Å²) >= 11 is 5.71. The molecule has 0 spiro atoms. The molecule has 2 heteroatoms. The van der Waals surface area contributed by atoms with Crippen LogP contribution in [0.15, 0.2) is 24.3 Å². The average Bonchev–Trinajstić information content (AvgIpc) is 2.24. The van der Waals surface area contributed by atoms with Crippen LogP contribution in [0, 0.1) is 6.92 Å². The Kier molecular flexibility index (Phi) is 14.0. The van der Waals surface area contributed by atoms with E-state index in [0.717, 1.165) is 17.1 Å². The van der Waals surface area contributed by atoms with Gasteiger partial charge in [0.05, 0.1) is 0 Å². The van der Waals surface area contributed by atoms with Gasteiger partial charge in [-0.2, -0.15) is 0 Å². The van der Waals surface area contributed by atoms with Crippen LogP contribution in [0.1, 0.15) is 32.8 Å². The van der Waals surface area contributed by atoms with E-state index < -0.39 is 0 Å². The number of benzene rings is 1. The lowest BCUT2D eigenvalue weighted by molar-refractivity contribution is 0.434. The van der Waals surface area contributed by atoms with Crippen molar-refractivity contribution in [3.05, 3.63) is 34.9 Å². The van der Waals surface area contributed by atoms with E-state index in [2.05, 4.69) is 39.8 Å². The summed E-state index contributed by atoms with van der Waals surface area (Å²) in [6.45, 7) is 9.50. The number of nitrogens with zero attached hydrogens (tertiary/aromatic N) is 1. The number of halogens is 1. The lowest BCUT2D eigenvalue weighted by atomic mass is 10.2. The average molecular weight is 244 g/mol. The lowest BCUT2D eigenvalue weighted by Crippen LogP contribution is -2.08. The smallest absolute Gasteiger partial charge is 0.0435 e. The molecule has 0 atom stereocenters. The van der Waals surface area contributed by atoms with Crippen LogP contribution in [-0.2, 0) is 0 Å². The first-order valence-corrected chi connectivity index (χ1v) is 6.23. The highest BCUT2D eigenvalue weighted by Gasteiger charge is 1.86. The summed E-state index contributed by atoms with van der Waals surface area (Å²) in [5.74, 6) is 0. The van der Waals surface area contributed by atoms with Gasteiger partial charge in [0, 0.05) is 5.02 Å². The second-order valence-electron chi connectivity index (χ2n) is 3.85. The molecule has 0 N–H and O–H groups in total. The monoisotopic (exact) mass is 243 g/mol. The van der Waals surface area contributed by atoms with Crippen molar-refractivity contribution in [1.82, 2.24) is 4.90 Å². The van der Waals surface area contributed by atoms with Gasteiger partial charge < -0.3 is 4.90 Å². The Labute approximate surface area is 106 Å². The van der Waals surface area contributed by atoms with Crippen LogP contribution in [0.2, 0.25) is 5.02 Å². The molecule has 1 rings (SSSR count). The fourth-order valence-corrected chi connectivity index (χ4v) is 0.687. The summed E-state index contributed by atoms with van der Waals surface area (Å²) in [7, 11) is 4.11. The van der Waals surface area contributed by atoms with Crippen molar-refractivity contribution in [3.63, 3.8) is 0 Å². The van der Waals surface area contributed by atoms with Crippen LogP contribution in [0.5, 0.6) is 0 Å². The number of aryl methyl sites for hydroxylation is 1. The predicted octanol–water partition coefficient (Wildman–Crippen LogP) is 4.63.